The van der Waals surface area contributed by atoms with Gasteiger partial charge in [-0.3, -0.25) is 4.79 Å². The van der Waals surface area contributed by atoms with E-state index in [4.69, 9.17) is 4.74 Å². The van der Waals surface area contributed by atoms with Crippen molar-refractivity contribution in [3.63, 3.8) is 0 Å². The standard InChI is InChI=1S/C13H14O4S/c14-12(10-5-7-18(15,16)8-10)11-3-1-2-9-4-6-17-13(9)11/h1-3,10H,4-8H2. The maximum atomic E-state index is 12.4. The lowest BCUT2D eigenvalue weighted by Crippen LogP contribution is -2.17. The van der Waals surface area contributed by atoms with E-state index in [2.05, 4.69) is 0 Å². The van der Waals surface area contributed by atoms with Crippen molar-refractivity contribution in [3.8, 4) is 5.75 Å². The molecule has 4 nitrogen and oxygen atoms in total. The summed E-state index contributed by atoms with van der Waals surface area (Å²) in [5, 5.41) is 0. The van der Waals surface area contributed by atoms with E-state index in [-0.39, 0.29) is 17.3 Å². The molecule has 0 aromatic heterocycles. The molecule has 2 heterocycles. The number of sulfone groups is 1. The fourth-order valence-electron chi connectivity index (χ4n) is 2.63. The topological polar surface area (TPSA) is 60.4 Å². The van der Waals surface area contributed by atoms with E-state index in [0.717, 1.165) is 12.0 Å². The van der Waals surface area contributed by atoms with Gasteiger partial charge in [-0.1, -0.05) is 12.1 Å². The van der Waals surface area contributed by atoms with Gasteiger partial charge in [0, 0.05) is 12.3 Å². The van der Waals surface area contributed by atoms with Crippen molar-refractivity contribution in [2.24, 2.45) is 5.92 Å². The van der Waals surface area contributed by atoms with Crippen LogP contribution in [0.1, 0.15) is 22.3 Å². The second-order valence-corrected chi connectivity index (χ2v) is 7.09. The van der Waals surface area contributed by atoms with Crippen molar-refractivity contribution in [1.29, 1.82) is 0 Å². The van der Waals surface area contributed by atoms with E-state index in [1.807, 2.05) is 12.1 Å². The van der Waals surface area contributed by atoms with Crippen LogP contribution in [0.15, 0.2) is 18.2 Å². The Morgan fingerprint density at radius 2 is 2.17 bits per heavy atom. The van der Waals surface area contributed by atoms with Gasteiger partial charge in [0.1, 0.15) is 5.75 Å². The summed E-state index contributed by atoms with van der Waals surface area (Å²) >= 11 is 0. The first kappa shape index (κ1) is 11.7. The lowest BCUT2D eigenvalue weighted by atomic mass is 9.95. The molecule has 0 saturated carbocycles. The number of carbonyl (C=O) groups is 1. The van der Waals surface area contributed by atoms with Gasteiger partial charge in [0.25, 0.3) is 0 Å². The summed E-state index contributed by atoms with van der Waals surface area (Å²) in [5.41, 5.74) is 1.59. The predicted molar refractivity (Wildman–Crippen MR) is 66.7 cm³/mol. The minimum Gasteiger partial charge on any atom is -0.492 e. The maximum Gasteiger partial charge on any atom is 0.170 e. The highest BCUT2D eigenvalue weighted by atomic mass is 32.2. The third kappa shape index (κ3) is 1.92. The molecule has 1 saturated heterocycles. The summed E-state index contributed by atoms with van der Waals surface area (Å²) in [4.78, 5) is 12.4. The fourth-order valence-corrected chi connectivity index (χ4v) is 4.37. The van der Waals surface area contributed by atoms with E-state index in [9.17, 15) is 13.2 Å². The first-order valence-corrected chi connectivity index (χ1v) is 7.88. The van der Waals surface area contributed by atoms with Gasteiger partial charge in [-0.05, 0) is 18.1 Å². The second kappa shape index (κ2) is 4.09. The molecule has 0 N–H and O–H groups in total. The van der Waals surface area contributed by atoms with Crippen molar-refractivity contribution in [2.75, 3.05) is 18.1 Å². The molecule has 0 spiro atoms. The SMILES string of the molecule is O=C(c1cccc2c1OCC2)C1CCS(=O)(=O)C1. The number of carbonyl (C=O) groups excluding carboxylic acids is 1. The van der Waals surface area contributed by atoms with Crippen molar-refractivity contribution in [1.82, 2.24) is 0 Å². The molecule has 18 heavy (non-hydrogen) atoms. The Labute approximate surface area is 106 Å². The summed E-state index contributed by atoms with van der Waals surface area (Å²) in [5.74, 6) is 0.279. The molecule has 2 aliphatic heterocycles. The number of ether oxygens (including phenoxy) is 1. The number of para-hydroxylation sites is 1. The second-order valence-electron chi connectivity index (χ2n) is 4.86. The minimum atomic E-state index is -3.02. The molecular weight excluding hydrogens is 252 g/mol. The molecule has 1 aromatic rings. The van der Waals surface area contributed by atoms with Crippen LogP contribution in [-0.2, 0) is 16.3 Å². The van der Waals surface area contributed by atoms with Crippen LogP contribution in [0, 0.1) is 5.92 Å². The van der Waals surface area contributed by atoms with E-state index >= 15 is 0 Å². The Morgan fingerprint density at radius 1 is 1.33 bits per heavy atom. The molecule has 5 heteroatoms. The van der Waals surface area contributed by atoms with Crippen molar-refractivity contribution in [3.05, 3.63) is 29.3 Å². The number of hydrogen-bond acceptors (Lipinski definition) is 4. The zero-order chi connectivity index (χ0) is 12.8. The lowest BCUT2D eigenvalue weighted by molar-refractivity contribution is 0.0930. The summed E-state index contributed by atoms with van der Waals surface area (Å²) in [6.07, 6.45) is 1.25. The van der Waals surface area contributed by atoms with E-state index in [0.29, 0.717) is 24.3 Å². The first-order valence-electron chi connectivity index (χ1n) is 6.06. The molecule has 1 unspecified atom stereocenters. The fraction of sp³-hybridized carbons (Fsp3) is 0.462. The van der Waals surface area contributed by atoms with Crippen LogP contribution in [0.4, 0.5) is 0 Å². The van der Waals surface area contributed by atoms with Crippen LogP contribution in [0.25, 0.3) is 0 Å². The van der Waals surface area contributed by atoms with Gasteiger partial charge in [0.05, 0.1) is 23.7 Å². The summed E-state index contributed by atoms with van der Waals surface area (Å²) in [6.45, 7) is 0.600. The third-order valence-electron chi connectivity index (χ3n) is 3.58. The van der Waals surface area contributed by atoms with Crippen molar-refractivity contribution < 1.29 is 17.9 Å². The van der Waals surface area contributed by atoms with Crippen LogP contribution in [0.3, 0.4) is 0 Å². The van der Waals surface area contributed by atoms with E-state index in [1.54, 1.807) is 6.07 Å². The molecule has 1 fully saturated rings. The van der Waals surface area contributed by atoms with Crippen LogP contribution in [0.5, 0.6) is 5.75 Å². The number of ketones is 1. The Bertz CT molecular complexity index is 603. The molecule has 2 aliphatic rings. The van der Waals surface area contributed by atoms with Crippen molar-refractivity contribution in [2.45, 2.75) is 12.8 Å². The summed E-state index contributed by atoms with van der Waals surface area (Å²) in [7, 11) is -3.02. The van der Waals surface area contributed by atoms with Gasteiger partial charge in [-0.15, -0.1) is 0 Å². The van der Waals surface area contributed by atoms with Crippen LogP contribution < -0.4 is 4.74 Å². The van der Waals surface area contributed by atoms with Gasteiger partial charge in [-0.2, -0.15) is 0 Å². The van der Waals surface area contributed by atoms with Gasteiger partial charge in [0.2, 0.25) is 0 Å². The monoisotopic (exact) mass is 266 g/mol. The molecular formula is C13H14O4S. The van der Waals surface area contributed by atoms with Crippen molar-refractivity contribution >= 4 is 15.6 Å². The normalized spacial score (nSPS) is 24.6. The largest absolute Gasteiger partial charge is 0.492 e. The van der Waals surface area contributed by atoms with Gasteiger partial charge >= 0.3 is 0 Å². The number of rotatable bonds is 2. The number of Topliss-reactive ketones (excluding diaryl/α,β-unsaturated/α-hetero) is 1. The number of hydrogen-bond donors (Lipinski definition) is 0. The molecule has 0 aliphatic carbocycles. The Morgan fingerprint density at radius 3 is 2.89 bits per heavy atom. The number of fused-ring (bicyclic) bond motifs is 1. The first-order chi connectivity index (χ1) is 8.57. The van der Waals surface area contributed by atoms with Gasteiger partial charge in [0.15, 0.2) is 15.6 Å². The molecule has 0 radical (unpaired) electrons. The zero-order valence-corrected chi connectivity index (χ0v) is 10.7. The van der Waals surface area contributed by atoms with Crippen LogP contribution in [-0.4, -0.2) is 32.3 Å². The van der Waals surface area contributed by atoms with E-state index in [1.165, 1.54) is 0 Å². The van der Waals surface area contributed by atoms with E-state index < -0.39 is 15.8 Å². The summed E-state index contributed by atoms with van der Waals surface area (Å²) in [6, 6.07) is 5.52. The number of benzene rings is 1. The minimum absolute atomic E-state index is 0.0184. The molecule has 0 bridgehead atoms. The Hall–Kier alpha value is -1.36. The Balaban J connectivity index is 1.92. The molecule has 96 valence electrons. The highest BCUT2D eigenvalue weighted by Gasteiger charge is 2.35. The Kier molecular flexibility index (Phi) is 2.66. The molecule has 1 aromatic carbocycles. The predicted octanol–water partition coefficient (Wildman–Crippen LogP) is 1.24. The lowest BCUT2D eigenvalue weighted by Gasteiger charge is -2.10. The summed E-state index contributed by atoms with van der Waals surface area (Å²) < 4.78 is 28.3. The zero-order valence-electron chi connectivity index (χ0n) is 9.89. The highest BCUT2D eigenvalue weighted by molar-refractivity contribution is 7.91. The van der Waals surface area contributed by atoms with Gasteiger partial charge < -0.3 is 4.74 Å². The van der Waals surface area contributed by atoms with Crippen LogP contribution in [0.2, 0.25) is 0 Å². The maximum absolute atomic E-state index is 12.4. The average molecular weight is 266 g/mol. The third-order valence-corrected chi connectivity index (χ3v) is 5.35. The molecule has 0 amide bonds. The average Bonchev–Trinajstić information content (AvgIpc) is 2.93. The quantitative estimate of drug-likeness (QED) is 0.756. The highest BCUT2D eigenvalue weighted by Crippen LogP contribution is 2.33. The molecule has 1 atom stereocenters. The molecule has 3 rings (SSSR count). The van der Waals surface area contributed by atoms with Crippen LogP contribution >= 0.6 is 0 Å². The van der Waals surface area contributed by atoms with Gasteiger partial charge in [-0.25, -0.2) is 8.42 Å². The smallest absolute Gasteiger partial charge is 0.170 e.